The fourth-order valence-corrected chi connectivity index (χ4v) is 20.1. The van der Waals surface area contributed by atoms with Crippen molar-refractivity contribution in [1.82, 2.24) is 45.5 Å². The number of para-hydroxylation sites is 1. The van der Waals surface area contributed by atoms with Crippen molar-refractivity contribution in [3.05, 3.63) is 118 Å². The molecule has 4 aliphatic carbocycles. The molecule has 11 atom stereocenters. The number of carboxylic acids is 2. The number of aromatic carboxylic acids is 1. The number of carboxylic acid groups (broad SMARTS) is 2. The van der Waals surface area contributed by atoms with Crippen LogP contribution in [-0.2, 0) is 95.2 Å². The minimum Gasteiger partial charge on any atom is -0.479 e. The van der Waals surface area contributed by atoms with Gasteiger partial charge in [0.15, 0.2) is 16.9 Å². The summed E-state index contributed by atoms with van der Waals surface area (Å²) in [5, 5.41) is 71.8. The number of anilines is 3. The molecule has 6 aromatic rings. The van der Waals surface area contributed by atoms with Gasteiger partial charge in [-0.25, -0.2) is 24.4 Å². The molecule has 2 unspecified atom stereocenters. The first-order valence-electron chi connectivity index (χ1n) is 39.5. The second-order valence-electron chi connectivity index (χ2n) is 33.3. The number of aliphatic hydroxyl groups excluding tert-OH is 3. The van der Waals surface area contributed by atoms with E-state index in [-0.39, 0.29) is 91.9 Å². The Kier molecular flexibility index (Phi) is 26.5. The van der Waals surface area contributed by atoms with Crippen LogP contribution in [0.2, 0.25) is 0 Å². The average molecular weight is 1670 g/mol. The molecule has 6 fully saturated rings. The second-order valence-corrected chi connectivity index (χ2v) is 35.9. The molecule has 4 bridgehead atoms. The monoisotopic (exact) mass is 1670 g/mol. The van der Waals surface area contributed by atoms with E-state index in [4.69, 9.17) is 39.3 Å². The molecule has 35 nitrogen and oxygen atoms in total. The molecule has 2 saturated heterocycles. The molecule has 8 amide bonds. The minimum atomic E-state index is -4.38. The Labute approximate surface area is 685 Å². The van der Waals surface area contributed by atoms with Crippen LogP contribution in [0, 0.1) is 29.1 Å². The van der Waals surface area contributed by atoms with E-state index in [1.807, 2.05) is 59.0 Å². The summed E-state index contributed by atoms with van der Waals surface area (Å²) in [6, 6.07) is 17.0. The third-order valence-corrected chi connectivity index (χ3v) is 25.1. The molecule has 13 rings (SSSR count). The lowest BCUT2D eigenvalue weighted by molar-refractivity contribution is -0.248. The number of nitrogens with zero attached hydrogens (tertiary/aromatic N) is 7. The van der Waals surface area contributed by atoms with E-state index >= 15 is 0 Å². The van der Waals surface area contributed by atoms with Crippen molar-refractivity contribution in [2.75, 3.05) is 67.3 Å². The maximum absolute atomic E-state index is 14.4. The highest BCUT2D eigenvalue weighted by atomic mass is 32.2. The molecular formula is C81H103N13O22S2. The van der Waals surface area contributed by atoms with Crippen LogP contribution in [0.25, 0.3) is 21.3 Å². The summed E-state index contributed by atoms with van der Waals surface area (Å²) in [7, 11) is -4.38. The molecule has 6 heterocycles. The van der Waals surface area contributed by atoms with Gasteiger partial charge in [-0.2, -0.15) is 13.5 Å². The number of likely N-dealkylation sites (tertiary alicyclic amines) is 1. The van der Waals surface area contributed by atoms with Crippen molar-refractivity contribution >= 4 is 108 Å². The number of hydrogen-bond acceptors (Lipinski definition) is 24. The third kappa shape index (κ3) is 20.2. The van der Waals surface area contributed by atoms with E-state index in [9.17, 15) is 81.9 Å². The van der Waals surface area contributed by atoms with Gasteiger partial charge in [0.25, 0.3) is 16.0 Å². The van der Waals surface area contributed by atoms with Gasteiger partial charge in [0.1, 0.15) is 48.9 Å². The van der Waals surface area contributed by atoms with Crippen LogP contribution in [0.4, 0.5) is 21.4 Å². The van der Waals surface area contributed by atoms with E-state index in [0.29, 0.717) is 71.2 Å². The number of pyridine rings is 1. The number of carbonyl (C=O) groups is 10. The standard InChI is InChI=1S/C81H103N13O22S2/c1-8-62(96)86-57-31-51(36-113-28-29-118(110,111)112)93(73(57)104)34-63(97)89-64(44(2)3)72(103)84-45(4)70(101)85-50-18-16-49(48(30-50)17-20-58-66(98)67(99)68(100)69(116-58)75(107)108)35-114-77(109)91(25-23-60(82)95)26-27-115-81-40-78(6)37-79(7,41-81)39-80(38-78,42-81)43-94-46(5)54(32-83-94)52-19-21-61(88-65(52)74(105)106)92-24-22-47-12-11-13-53(55(47)33-92)71(102)90-76-87-56-14-9-10-15-59(56)117-76/h9-16,18-19,21,30,32,44-45,51,57-58,64,66-69,98-100H,8,17,20,22-29,31,33-43H2,1-7H3,(H2,82,95)(H,84,103)(H,85,101)(H,86,96)(H,89,97)(H,105,106)(H,107,108)(H,87,90,102)(H,110,111,112)/t45-,51-,57-,58-,64-,66-,67+,68-,69-,78?,79?,80?,81?/m0/s1. The lowest BCUT2D eigenvalue weighted by Gasteiger charge is -2.69. The van der Waals surface area contributed by atoms with Crippen LogP contribution < -0.4 is 37.2 Å². The maximum atomic E-state index is 14.4. The predicted molar refractivity (Wildman–Crippen MR) is 428 cm³/mol. The van der Waals surface area contributed by atoms with Crippen molar-refractivity contribution in [2.45, 2.75) is 206 Å². The highest BCUT2D eigenvalue weighted by Gasteiger charge is 2.66. The number of fused-ring (bicyclic) bond motifs is 2. The number of primary amides is 1. The fraction of sp³-hybridized carbons (Fsp3) is 0.543. The molecule has 13 N–H and O–H groups in total. The van der Waals surface area contributed by atoms with Gasteiger partial charge in [0.2, 0.25) is 35.4 Å². The number of rotatable bonds is 35. The molecule has 0 spiro atoms. The highest BCUT2D eigenvalue weighted by molar-refractivity contribution is 7.85. The molecule has 37 heteroatoms. The van der Waals surface area contributed by atoms with Gasteiger partial charge in [-0.15, -0.1) is 0 Å². The van der Waals surface area contributed by atoms with Gasteiger partial charge < -0.3 is 86.2 Å². The van der Waals surface area contributed by atoms with Crippen LogP contribution in [0.15, 0.2) is 79.0 Å². The molecule has 0 radical (unpaired) electrons. The maximum Gasteiger partial charge on any atom is 0.410 e. The van der Waals surface area contributed by atoms with Crippen LogP contribution in [0.5, 0.6) is 0 Å². The molecule has 636 valence electrons. The summed E-state index contributed by atoms with van der Waals surface area (Å²) in [4.78, 5) is 147. The number of aliphatic carboxylic acids is 1. The van der Waals surface area contributed by atoms with E-state index in [1.54, 1.807) is 39.1 Å². The number of aromatic nitrogens is 4. The Balaban J connectivity index is 0.699. The fourth-order valence-electron chi connectivity index (χ4n) is 18.9. The summed E-state index contributed by atoms with van der Waals surface area (Å²) in [5.74, 6) is -8.07. The zero-order valence-electron chi connectivity index (χ0n) is 66.8. The normalized spacial score (nSPS) is 25.1. The first-order chi connectivity index (χ1) is 55.8. The zero-order valence-corrected chi connectivity index (χ0v) is 68.4. The Hall–Kier alpha value is -10.1. The van der Waals surface area contributed by atoms with Gasteiger partial charge in [-0.3, -0.25) is 48.1 Å². The summed E-state index contributed by atoms with van der Waals surface area (Å²) < 4.78 is 58.8. The lowest BCUT2D eigenvalue weighted by Crippen LogP contribution is -2.64. The number of hydrogen-bond donors (Lipinski definition) is 12. The van der Waals surface area contributed by atoms with Crippen LogP contribution in [0.1, 0.15) is 155 Å². The molecule has 4 saturated carbocycles. The molecule has 3 aromatic heterocycles. The number of amides is 8. The number of nitrogens with two attached hydrogens (primary N) is 1. The molecule has 3 aromatic carbocycles. The minimum absolute atomic E-state index is 0.00136. The van der Waals surface area contributed by atoms with Crippen molar-refractivity contribution in [3.63, 3.8) is 0 Å². The average Bonchev–Trinajstić information content (AvgIpc) is 0.860. The summed E-state index contributed by atoms with van der Waals surface area (Å²) >= 11 is 1.39. The summed E-state index contributed by atoms with van der Waals surface area (Å²) in [5.41, 5.74) is 9.99. The number of nitrogens with one attached hydrogen (secondary N) is 5. The SMILES string of the molecule is CCC(=O)N[C@H]1C[C@@H](COCCS(=O)(=O)O)N(CC(=O)N[C@H](C(=O)N[C@@H](C)C(=O)Nc2ccc(COC(=O)N(CCOC34CC5(C)CC(C)(CC(Cn6ncc(-c7ccc(N8CCc9cccc(C(=O)Nc%10nc%11ccccc%11s%10)c9C8)nc7C(=O)O)c6C)(C5)C3)C4)CCC(N)=O)c(CC[C@@H]3O[C@H](C(=O)O)[C@@H](O)[C@H](O)[C@H]3O)c2)C(C)C)C1=O. The number of thiazole rings is 1. The van der Waals surface area contributed by atoms with Crippen molar-refractivity contribution in [1.29, 1.82) is 0 Å². The molecule has 7 aliphatic rings. The van der Waals surface area contributed by atoms with Crippen LogP contribution in [0.3, 0.4) is 0 Å². The molecule has 118 heavy (non-hydrogen) atoms. The van der Waals surface area contributed by atoms with Gasteiger partial charge in [-0.05, 0) is 165 Å². The number of aryl methyl sites for hydroxylation is 1. The number of ether oxygens (including phenoxy) is 4. The Bertz CT molecular complexity index is 4910. The number of benzene rings is 3. The van der Waals surface area contributed by atoms with E-state index < -0.39 is 155 Å². The summed E-state index contributed by atoms with van der Waals surface area (Å²) in [6.45, 7) is 12.2. The number of carbonyl (C=O) groups excluding carboxylic acids is 8. The first kappa shape index (κ1) is 87.2. The van der Waals surface area contributed by atoms with E-state index in [0.717, 1.165) is 64.0 Å². The van der Waals surface area contributed by atoms with Gasteiger partial charge in [0, 0.05) is 73.6 Å². The Morgan fingerprint density at radius 1 is 0.822 bits per heavy atom. The van der Waals surface area contributed by atoms with Gasteiger partial charge in [-0.1, -0.05) is 76.3 Å². The van der Waals surface area contributed by atoms with E-state index in [2.05, 4.69) is 45.4 Å². The number of aliphatic hydroxyl groups is 3. The zero-order chi connectivity index (χ0) is 85.1. The predicted octanol–water partition coefficient (Wildman–Crippen LogP) is 4.88. The first-order valence-corrected chi connectivity index (χ1v) is 42.0. The topological polar surface area (TPSA) is 503 Å². The van der Waals surface area contributed by atoms with Gasteiger partial charge in [0.05, 0.1) is 66.3 Å². The smallest absolute Gasteiger partial charge is 0.410 e. The van der Waals surface area contributed by atoms with Crippen molar-refractivity contribution in [2.24, 2.45) is 27.9 Å². The molecular weight excluding hydrogens is 1570 g/mol. The quantitative estimate of drug-likeness (QED) is 0.0186. The largest absolute Gasteiger partial charge is 0.479 e. The van der Waals surface area contributed by atoms with Crippen molar-refractivity contribution < 1.29 is 105 Å². The Morgan fingerprint density at radius 3 is 2.26 bits per heavy atom. The lowest BCUT2D eigenvalue weighted by atomic mass is 9.39. The van der Waals surface area contributed by atoms with Gasteiger partial charge >= 0.3 is 18.0 Å². The highest BCUT2D eigenvalue weighted by Crippen LogP contribution is 2.72. The second kappa shape index (κ2) is 35.8. The van der Waals surface area contributed by atoms with Crippen LogP contribution in [-0.4, -0.2) is 239 Å². The van der Waals surface area contributed by atoms with E-state index in [1.165, 1.54) is 41.4 Å². The Morgan fingerprint density at radius 2 is 1.57 bits per heavy atom. The summed E-state index contributed by atoms with van der Waals surface area (Å²) in [6.07, 6.45) is -3.07. The molecule has 3 aliphatic heterocycles. The van der Waals surface area contributed by atoms with Crippen molar-refractivity contribution in [3.8, 4) is 11.1 Å². The van der Waals surface area contributed by atoms with Crippen LogP contribution >= 0.6 is 11.3 Å². The third-order valence-electron chi connectivity index (χ3n) is 23.4.